The molecule has 128 valence electrons. The Labute approximate surface area is 154 Å². The number of aliphatic carboxylic acids is 1. The Hall–Kier alpha value is -1.31. The molecule has 0 aromatic heterocycles. The van der Waals surface area contributed by atoms with Crippen LogP contribution in [0.3, 0.4) is 0 Å². The number of carboxylic acids is 1. The molecule has 0 aliphatic rings. The van der Waals surface area contributed by atoms with Gasteiger partial charge in [-0.05, 0) is 29.8 Å². The summed E-state index contributed by atoms with van der Waals surface area (Å²) in [4.78, 5) is 10.7. The third kappa shape index (κ3) is 4.62. The van der Waals surface area contributed by atoms with E-state index >= 15 is 0 Å². The first kappa shape index (κ1) is 19.0. The van der Waals surface area contributed by atoms with Crippen LogP contribution in [-0.2, 0) is 14.8 Å². The van der Waals surface area contributed by atoms with Crippen molar-refractivity contribution < 1.29 is 18.3 Å². The van der Waals surface area contributed by atoms with E-state index in [0.717, 1.165) is 0 Å². The zero-order valence-electron chi connectivity index (χ0n) is 12.0. The van der Waals surface area contributed by atoms with Crippen LogP contribution in [0.5, 0.6) is 0 Å². The first-order valence-electron chi connectivity index (χ1n) is 6.62. The zero-order valence-corrected chi connectivity index (χ0v) is 15.1. The van der Waals surface area contributed by atoms with Crippen LogP contribution in [-0.4, -0.2) is 14.4 Å². The Morgan fingerprint density at radius 2 is 1.75 bits per heavy atom. The Morgan fingerprint density at radius 3 is 2.38 bits per heavy atom. The van der Waals surface area contributed by atoms with Gasteiger partial charge < -0.3 is 9.90 Å². The van der Waals surface area contributed by atoms with Gasteiger partial charge in [-0.2, -0.15) is 0 Å². The second kappa shape index (κ2) is 7.72. The molecule has 0 amide bonds. The van der Waals surface area contributed by atoms with Crippen LogP contribution in [0.1, 0.15) is 18.0 Å². The molecule has 2 aromatic carbocycles. The van der Waals surface area contributed by atoms with E-state index in [9.17, 15) is 18.3 Å². The second-order valence-corrected chi connectivity index (χ2v) is 7.78. The number of hydrogen-bond acceptors (Lipinski definition) is 4. The van der Waals surface area contributed by atoms with Gasteiger partial charge >= 0.3 is 0 Å². The first-order valence-corrected chi connectivity index (χ1v) is 9.24. The van der Waals surface area contributed by atoms with E-state index < -0.39 is 28.5 Å². The smallest absolute Gasteiger partial charge is 0.242 e. The first-order chi connectivity index (χ1) is 11.2. The summed E-state index contributed by atoms with van der Waals surface area (Å²) in [6, 6.07) is 9.14. The van der Waals surface area contributed by atoms with Crippen molar-refractivity contribution in [3.63, 3.8) is 0 Å². The Bertz CT molecular complexity index is 871. The quantitative estimate of drug-likeness (QED) is 0.798. The van der Waals surface area contributed by atoms with E-state index in [0.29, 0.717) is 5.56 Å². The molecular formula is C15H11Cl3NO4S-. The van der Waals surface area contributed by atoms with E-state index in [1.165, 1.54) is 30.3 Å². The monoisotopic (exact) mass is 406 g/mol. The van der Waals surface area contributed by atoms with Gasteiger partial charge in [0.25, 0.3) is 0 Å². The summed E-state index contributed by atoms with van der Waals surface area (Å²) in [6.45, 7) is 0. The molecule has 24 heavy (non-hydrogen) atoms. The molecule has 0 saturated carbocycles. The molecule has 1 N–H and O–H groups in total. The van der Waals surface area contributed by atoms with E-state index in [1.54, 1.807) is 12.1 Å². The predicted molar refractivity (Wildman–Crippen MR) is 90.6 cm³/mol. The van der Waals surface area contributed by atoms with Gasteiger partial charge in [-0.3, -0.25) is 0 Å². The third-order valence-corrected chi connectivity index (χ3v) is 5.66. The maximum atomic E-state index is 12.6. The van der Waals surface area contributed by atoms with Gasteiger partial charge in [-0.25, -0.2) is 13.1 Å². The largest absolute Gasteiger partial charge is 0.550 e. The molecule has 0 saturated heterocycles. The average molecular weight is 408 g/mol. The lowest BCUT2D eigenvalue weighted by Gasteiger charge is -2.21. The van der Waals surface area contributed by atoms with Crippen molar-refractivity contribution in [1.82, 2.24) is 4.72 Å². The van der Waals surface area contributed by atoms with Crippen LogP contribution in [0.4, 0.5) is 0 Å². The molecule has 1 atom stereocenters. The van der Waals surface area contributed by atoms with Gasteiger partial charge in [-0.1, -0.05) is 53.0 Å². The fourth-order valence-electron chi connectivity index (χ4n) is 2.07. The molecule has 5 nitrogen and oxygen atoms in total. The number of carbonyl (C=O) groups excluding carboxylic acids is 1. The Balaban J connectivity index is 2.44. The maximum absolute atomic E-state index is 12.6. The summed E-state index contributed by atoms with van der Waals surface area (Å²) in [5.41, 5.74) is 0.310. The highest BCUT2D eigenvalue weighted by atomic mass is 35.5. The average Bonchev–Trinajstić information content (AvgIpc) is 2.48. The molecule has 9 heteroatoms. The van der Waals surface area contributed by atoms with Crippen LogP contribution in [0.25, 0.3) is 0 Å². The second-order valence-electron chi connectivity index (χ2n) is 4.85. The van der Waals surface area contributed by atoms with Crippen LogP contribution in [0.2, 0.25) is 15.1 Å². The van der Waals surface area contributed by atoms with Crippen molar-refractivity contribution >= 4 is 50.8 Å². The van der Waals surface area contributed by atoms with Crippen LogP contribution in [0.15, 0.2) is 47.4 Å². The number of carboxylic acid groups (broad SMARTS) is 1. The van der Waals surface area contributed by atoms with Gasteiger partial charge in [0.15, 0.2) is 0 Å². The lowest BCUT2D eigenvalue weighted by atomic mass is 10.1. The number of sulfonamides is 1. The van der Waals surface area contributed by atoms with Crippen LogP contribution >= 0.6 is 34.8 Å². The highest BCUT2D eigenvalue weighted by Gasteiger charge is 2.25. The number of benzene rings is 2. The lowest BCUT2D eigenvalue weighted by molar-refractivity contribution is -0.306. The van der Waals surface area contributed by atoms with E-state index in [2.05, 4.69) is 4.72 Å². The number of rotatable bonds is 6. The minimum atomic E-state index is -4.14. The molecule has 0 spiro atoms. The van der Waals surface area contributed by atoms with Crippen molar-refractivity contribution in [3.05, 3.63) is 63.1 Å². The van der Waals surface area contributed by atoms with Crippen molar-refractivity contribution in [1.29, 1.82) is 0 Å². The summed E-state index contributed by atoms with van der Waals surface area (Å²) in [7, 11) is -4.14. The molecule has 0 fully saturated rings. The van der Waals surface area contributed by atoms with Crippen molar-refractivity contribution in [3.8, 4) is 0 Å². The third-order valence-electron chi connectivity index (χ3n) is 3.13. The van der Waals surface area contributed by atoms with Crippen LogP contribution < -0.4 is 9.83 Å². The Kier molecular flexibility index (Phi) is 6.11. The summed E-state index contributed by atoms with van der Waals surface area (Å²) in [5.74, 6) is -1.43. The summed E-state index contributed by atoms with van der Waals surface area (Å²) >= 11 is 17.8. The normalized spacial score (nSPS) is 12.8. The van der Waals surface area contributed by atoms with E-state index in [-0.39, 0.29) is 20.0 Å². The molecule has 2 rings (SSSR count). The predicted octanol–water partition coefficient (Wildman–Crippen LogP) is 2.81. The van der Waals surface area contributed by atoms with Gasteiger partial charge in [0.1, 0.15) is 4.90 Å². The number of nitrogens with one attached hydrogen (secondary N) is 1. The molecule has 0 heterocycles. The van der Waals surface area contributed by atoms with E-state index in [1.807, 2.05) is 0 Å². The van der Waals surface area contributed by atoms with Crippen molar-refractivity contribution in [2.24, 2.45) is 0 Å². The van der Waals surface area contributed by atoms with Gasteiger partial charge in [0, 0.05) is 22.4 Å². The van der Waals surface area contributed by atoms with Gasteiger partial charge in [0.05, 0.1) is 11.1 Å². The molecule has 2 aromatic rings. The zero-order chi connectivity index (χ0) is 17.9. The summed E-state index contributed by atoms with van der Waals surface area (Å²) in [5, 5.41) is 11.4. The fourth-order valence-corrected chi connectivity index (χ4v) is 4.32. The molecule has 0 bridgehead atoms. The topological polar surface area (TPSA) is 86.3 Å². The van der Waals surface area contributed by atoms with E-state index in [4.69, 9.17) is 34.8 Å². The Morgan fingerprint density at radius 1 is 1.08 bits per heavy atom. The standard InChI is InChI=1S/C15H12Cl3NO4S/c16-9-5-6-12(18)14(7-9)24(22,23)19-13(8-15(20)21)10-3-1-2-4-11(10)17/h1-7,13,19H,8H2,(H,20,21)/p-1/t13-/m0/s1. The number of hydrogen-bond donors (Lipinski definition) is 1. The number of carbonyl (C=O) groups is 1. The van der Waals surface area contributed by atoms with Crippen LogP contribution in [0, 0.1) is 0 Å². The van der Waals surface area contributed by atoms with Gasteiger partial charge in [-0.15, -0.1) is 0 Å². The molecule has 0 radical (unpaired) electrons. The SMILES string of the molecule is O=C([O-])C[C@H](NS(=O)(=O)c1cc(Cl)ccc1Cl)c1ccccc1Cl. The highest BCUT2D eigenvalue weighted by molar-refractivity contribution is 7.89. The van der Waals surface area contributed by atoms with Crippen molar-refractivity contribution in [2.75, 3.05) is 0 Å². The molecule has 0 unspecified atom stereocenters. The minimum Gasteiger partial charge on any atom is -0.550 e. The summed E-state index contributed by atoms with van der Waals surface area (Å²) in [6.07, 6.45) is -0.596. The molecular weight excluding hydrogens is 397 g/mol. The highest BCUT2D eigenvalue weighted by Crippen LogP contribution is 2.29. The lowest BCUT2D eigenvalue weighted by Crippen LogP contribution is -2.34. The maximum Gasteiger partial charge on any atom is 0.242 e. The molecule has 0 aliphatic heterocycles. The fraction of sp³-hybridized carbons (Fsp3) is 0.133. The minimum absolute atomic E-state index is 0.0433. The molecule has 0 aliphatic carbocycles. The van der Waals surface area contributed by atoms with Gasteiger partial charge in [0.2, 0.25) is 10.0 Å². The van der Waals surface area contributed by atoms with Crippen molar-refractivity contribution in [2.45, 2.75) is 17.4 Å². The number of halogens is 3. The summed E-state index contributed by atoms with van der Waals surface area (Å²) < 4.78 is 27.4.